The van der Waals surface area contributed by atoms with Crippen molar-refractivity contribution < 1.29 is 9.52 Å². The number of hydrogen-bond donors (Lipinski definition) is 3. The summed E-state index contributed by atoms with van der Waals surface area (Å²) in [5, 5.41) is 16.7. The first kappa shape index (κ1) is 18.7. The number of benzene rings is 1. The maximum Gasteiger partial charge on any atom is 0.230 e. The molecule has 3 aromatic rings. The molecule has 140 valence electrons. The van der Waals surface area contributed by atoms with Crippen molar-refractivity contribution in [3.63, 3.8) is 0 Å². The van der Waals surface area contributed by atoms with Crippen molar-refractivity contribution in [3.05, 3.63) is 53.3 Å². The SMILES string of the molecule is [C-]#[N+]c1cccc(Nc2nsnc2NC(c2ccc(C)o2)C(C)(C)C)c1O. The number of nitrogens with zero attached hydrogens (tertiary/aromatic N) is 3. The third-order valence-electron chi connectivity index (χ3n) is 4.07. The van der Waals surface area contributed by atoms with Crippen molar-refractivity contribution in [2.45, 2.75) is 33.7 Å². The number of nitrogens with one attached hydrogen (secondary N) is 2. The molecule has 0 aliphatic rings. The first-order valence-electron chi connectivity index (χ1n) is 8.41. The smallest absolute Gasteiger partial charge is 0.230 e. The van der Waals surface area contributed by atoms with Gasteiger partial charge in [0.1, 0.15) is 17.3 Å². The Hall–Kier alpha value is -3.05. The largest absolute Gasteiger partial charge is 0.517 e. The molecular weight excluding hydrogens is 362 g/mol. The Morgan fingerprint density at radius 2 is 1.93 bits per heavy atom. The monoisotopic (exact) mass is 383 g/mol. The minimum absolute atomic E-state index is 0.111. The standard InChI is InChI=1S/C19H21N5O2S/c1-11-9-10-14(26-11)16(19(2,3)4)22-18-17(23-27-24-18)21-13-8-6-7-12(20-5)15(13)25/h6-10,16,25H,1-4H3,(H,21,23)(H,22,24). The fourth-order valence-corrected chi connectivity index (χ4v) is 3.15. The number of aryl methyl sites for hydroxylation is 1. The maximum atomic E-state index is 10.2. The lowest BCUT2D eigenvalue weighted by molar-refractivity contribution is 0.300. The highest BCUT2D eigenvalue weighted by atomic mass is 32.1. The highest BCUT2D eigenvalue weighted by Crippen LogP contribution is 2.40. The van der Waals surface area contributed by atoms with Crippen LogP contribution in [0.25, 0.3) is 4.85 Å². The Labute approximate surface area is 162 Å². The molecule has 0 aliphatic heterocycles. The number of hydrogen-bond acceptors (Lipinski definition) is 7. The van der Waals surface area contributed by atoms with Gasteiger partial charge in [-0.3, -0.25) is 0 Å². The number of aromatic nitrogens is 2. The van der Waals surface area contributed by atoms with E-state index in [-0.39, 0.29) is 22.9 Å². The van der Waals surface area contributed by atoms with Gasteiger partial charge in [-0.2, -0.15) is 8.75 Å². The van der Waals surface area contributed by atoms with E-state index in [1.165, 1.54) is 0 Å². The van der Waals surface area contributed by atoms with Gasteiger partial charge in [-0.25, -0.2) is 4.85 Å². The Balaban J connectivity index is 1.89. The molecule has 3 N–H and O–H groups in total. The van der Waals surface area contributed by atoms with Crippen LogP contribution in [0.15, 0.2) is 34.7 Å². The lowest BCUT2D eigenvalue weighted by atomic mass is 9.85. The molecular formula is C19H21N5O2S. The number of phenolic OH excluding ortho intramolecular Hbond substituents is 1. The van der Waals surface area contributed by atoms with Crippen molar-refractivity contribution in [2.75, 3.05) is 10.6 Å². The molecule has 1 atom stereocenters. The molecule has 2 aromatic heterocycles. The van der Waals surface area contributed by atoms with E-state index in [0.29, 0.717) is 17.3 Å². The molecule has 0 aliphatic carbocycles. The van der Waals surface area contributed by atoms with Gasteiger partial charge in [0, 0.05) is 0 Å². The predicted molar refractivity (Wildman–Crippen MR) is 107 cm³/mol. The highest BCUT2D eigenvalue weighted by molar-refractivity contribution is 6.99. The summed E-state index contributed by atoms with van der Waals surface area (Å²) < 4.78 is 14.5. The zero-order valence-corrected chi connectivity index (χ0v) is 16.4. The predicted octanol–water partition coefficient (Wildman–Crippen LogP) is 5.64. The Kier molecular flexibility index (Phi) is 5.06. The summed E-state index contributed by atoms with van der Waals surface area (Å²) in [6.45, 7) is 15.4. The first-order chi connectivity index (χ1) is 12.8. The zero-order chi connectivity index (χ0) is 19.6. The minimum Gasteiger partial charge on any atom is -0.517 e. The Morgan fingerprint density at radius 1 is 1.19 bits per heavy atom. The summed E-state index contributed by atoms with van der Waals surface area (Å²) in [6, 6.07) is 8.70. The van der Waals surface area contributed by atoms with E-state index in [2.05, 4.69) is 45.0 Å². The highest BCUT2D eigenvalue weighted by Gasteiger charge is 2.30. The van der Waals surface area contributed by atoms with Gasteiger partial charge in [-0.15, -0.1) is 0 Å². The number of aromatic hydroxyl groups is 1. The van der Waals surface area contributed by atoms with Crippen LogP contribution in [-0.4, -0.2) is 13.9 Å². The Morgan fingerprint density at radius 3 is 2.56 bits per heavy atom. The van der Waals surface area contributed by atoms with Gasteiger partial charge in [0.15, 0.2) is 11.6 Å². The van der Waals surface area contributed by atoms with Crippen molar-refractivity contribution in [1.82, 2.24) is 8.75 Å². The summed E-state index contributed by atoms with van der Waals surface area (Å²) in [4.78, 5) is 3.30. The van der Waals surface area contributed by atoms with E-state index in [1.54, 1.807) is 18.2 Å². The van der Waals surface area contributed by atoms with E-state index < -0.39 is 0 Å². The number of phenols is 1. The number of rotatable bonds is 5. The topological polar surface area (TPSA) is 87.6 Å². The molecule has 0 bridgehead atoms. The molecule has 2 heterocycles. The van der Waals surface area contributed by atoms with E-state index >= 15 is 0 Å². The summed E-state index contributed by atoms with van der Waals surface area (Å²) >= 11 is 1.06. The van der Waals surface area contributed by atoms with Gasteiger partial charge >= 0.3 is 0 Å². The van der Waals surface area contributed by atoms with Crippen molar-refractivity contribution in [1.29, 1.82) is 0 Å². The first-order valence-corrected chi connectivity index (χ1v) is 9.14. The van der Waals surface area contributed by atoms with E-state index in [1.807, 2.05) is 19.1 Å². The summed E-state index contributed by atoms with van der Waals surface area (Å²) in [6.07, 6.45) is 0. The molecule has 8 heteroatoms. The van der Waals surface area contributed by atoms with Gasteiger partial charge in [-0.1, -0.05) is 32.9 Å². The van der Waals surface area contributed by atoms with Crippen LogP contribution >= 0.6 is 11.7 Å². The van der Waals surface area contributed by atoms with Crippen LogP contribution in [0.3, 0.4) is 0 Å². The fourth-order valence-electron chi connectivity index (χ4n) is 2.67. The lowest BCUT2D eigenvalue weighted by Gasteiger charge is -2.30. The molecule has 0 saturated heterocycles. The second-order valence-electron chi connectivity index (χ2n) is 7.26. The van der Waals surface area contributed by atoms with Crippen LogP contribution in [0, 0.1) is 18.9 Å². The Bertz CT molecular complexity index is 981. The van der Waals surface area contributed by atoms with Gasteiger partial charge in [0.2, 0.25) is 5.69 Å². The van der Waals surface area contributed by atoms with Crippen LogP contribution in [0.1, 0.15) is 38.3 Å². The molecule has 1 unspecified atom stereocenters. The number of furan rings is 1. The fraction of sp³-hybridized carbons (Fsp3) is 0.316. The molecule has 0 radical (unpaired) electrons. The normalized spacial score (nSPS) is 12.4. The van der Waals surface area contributed by atoms with Gasteiger partial charge in [-0.05, 0) is 30.5 Å². The molecule has 0 spiro atoms. The van der Waals surface area contributed by atoms with Crippen molar-refractivity contribution in [3.8, 4) is 5.75 Å². The summed E-state index contributed by atoms with van der Waals surface area (Å²) in [7, 11) is 0. The number of anilines is 3. The number of para-hydroxylation sites is 1. The lowest BCUT2D eigenvalue weighted by Crippen LogP contribution is -2.25. The van der Waals surface area contributed by atoms with Crippen LogP contribution in [0.4, 0.5) is 23.0 Å². The molecule has 3 rings (SSSR count). The van der Waals surface area contributed by atoms with Crippen LogP contribution < -0.4 is 10.6 Å². The third kappa shape index (κ3) is 4.04. The summed E-state index contributed by atoms with van der Waals surface area (Å²) in [5.74, 6) is 2.59. The van der Waals surface area contributed by atoms with Gasteiger partial charge in [0.25, 0.3) is 0 Å². The molecule has 0 fully saturated rings. The van der Waals surface area contributed by atoms with E-state index in [0.717, 1.165) is 23.2 Å². The molecule has 7 nitrogen and oxygen atoms in total. The van der Waals surface area contributed by atoms with Gasteiger partial charge < -0.3 is 20.2 Å². The quantitative estimate of drug-likeness (QED) is 0.390. The van der Waals surface area contributed by atoms with Crippen LogP contribution in [0.5, 0.6) is 5.75 Å². The van der Waals surface area contributed by atoms with E-state index in [9.17, 15) is 5.11 Å². The third-order valence-corrected chi connectivity index (χ3v) is 4.60. The molecule has 27 heavy (non-hydrogen) atoms. The van der Waals surface area contributed by atoms with Crippen molar-refractivity contribution >= 4 is 34.7 Å². The second kappa shape index (κ2) is 7.29. The average molecular weight is 383 g/mol. The van der Waals surface area contributed by atoms with Crippen molar-refractivity contribution in [2.24, 2.45) is 5.41 Å². The average Bonchev–Trinajstić information content (AvgIpc) is 3.22. The molecule has 0 amide bonds. The van der Waals surface area contributed by atoms with Crippen LogP contribution in [-0.2, 0) is 0 Å². The zero-order valence-electron chi connectivity index (χ0n) is 15.6. The van der Waals surface area contributed by atoms with Crippen LogP contribution in [0.2, 0.25) is 0 Å². The van der Waals surface area contributed by atoms with E-state index in [4.69, 9.17) is 11.0 Å². The maximum absolute atomic E-state index is 10.2. The van der Waals surface area contributed by atoms with Gasteiger partial charge in [0.05, 0.1) is 30.0 Å². The molecule has 0 saturated carbocycles. The molecule has 1 aromatic carbocycles. The summed E-state index contributed by atoms with van der Waals surface area (Å²) in [5.41, 5.74) is 0.439. The minimum atomic E-state index is -0.142. The second-order valence-corrected chi connectivity index (χ2v) is 7.79.